The van der Waals surface area contributed by atoms with Crippen molar-refractivity contribution in [3.05, 3.63) is 34.3 Å². The number of carboxylic acids is 1. The zero-order chi connectivity index (χ0) is 15.4. The van der Waals surface area contributed by atoms with E-state index in [-0.39, 0.29) is 5.96 Å². The van der Waals surface area contributed by atoms with Crippen molar-refractivity contribution in [3.63, 3.8) is 0 Å². The summed E-state index contributed by atoms with van der Waals surface area (Å²) in [7, 11) is 0. The number of nitrogens with two attached hydrogens (primary N) is 2. The van der Waals surface area contributed by atoms with Crippen molar-refractivity contribution in [1.29, 1.82) is 5.41 Å². The van der Waals surface area contributed by atoms with Crippen molar-refractivity contribution < 1.29 is 9.90 Å². The Labute approximate surface area is 119 Å². The average Bonchev–Trinajstić information content (AvgIpc) is 2.26. The lowest BCUT2D eigenvalue weighted by Crippen LogP contribution is -2.20. The Hall–Kier alpha value is -1.75. The SMILES string of the molecule is CC(=O)O.CCc1cc(Cl)cc(CC)c1.N=C(N)N. The molecule has 1 aromatic carbocycles. The highest BCUT2D eigenvalue weighted by Gasteiger charge is 1.95. The summed E-state index contributed by atoms with van der Waals surface area (Å²) in [5.41, 5.74) is 11.6. The van der Waals surface area contributed by atoms with E-state index in [4.69, 9.17) is 26.9 Å². The molecule has 6 heteroatoms. The van der Waals surface area contributed by atoms with Crippen molar-refractivity contribution in [2.45, 2.75) is 33.6 Å². The number of halogens is 1. The first-order valence-electron chi connectivity index (χ1n) is 5.80. The first-order chi connectivity index (χ1) is 8.72. The molecule has 0 amide bonds. The number of hydrogen-bond acceptors (Lipinski definition) is 2. The highest BCUT2D eigenvalue weighted by atomic mass is 35.5. The maximum Gasteiger partial charge on any atom is 0.300 e. The molecule has 0 radical (unpaired) electrons. The minimum absolute atomic E-state index is 0.333. The van der Waals surface area contributed by atoms with Crippen molar-refractivity contribution in [2.24, 2.45) is 11.5 Å². The van der Waals surface area contributed by atoms with Gasteiger partial charge in [-0.2, -0.15) is 0 Å². The van der Waals surface area contributed by atoms with Gasteiger partial charge in [0.05, 0.1) is 0 Å². The fourth-order valence-electron chi connectivity index (χ4n) is 1.13. The van der Waals surface area contributed by atoms with Gasteiger partial charge in [-0.1, -0.05) is 31.5 Å². The van der Waals surface area contributed by atoms with E-state index in [0.717, 1.165) is 24.8 Å². The molecule has 0 aliphatic carbocycles. The van der Waals surface area contributed by atoms with Gasteiger partial charge in [0.2, 0.25) is 0 Å². The Morgan fingerprint density at radius 2 is 1.47 bits per heavy atom. The molecular formula is C13H22ClN3O2. The summed E-state index contributed by atoms with van der Waals surface area (Å²) >= 11 is 5.91. The molecule has 1 aromatic rings. The monoisotopic (exact) mass is 287 g/mol. The number of aliphatic carboxylic acids is 1. The van der Waals surface area contributed by atoms with E-state index < -0.39 is 5.97 Å². The lowest BCUT2D eigenvalue weighted by molar-refractivity contribution is -0.134. The van der Waals surface area contributed by atoms with Crippen LogP contribution in [0.15, 0.2) is 18.2 Å². The van der Waals surface area contributed by atoms with Crippen LogP contribution < -0.4 is 11.5 Å². The first-order valence-corrected chi connectivity index (χ1v) is 6.18. The molecular weight excluding hydrogens is 266 g/mol. The molecule has 0 spiro atoms. The average molecular weight is 288 g/mol. The number of nitrogens with one attached hydrogen (secondary N) is 1. The quantitative estimate of drug-likeness (QED) is 0.494. The molecule has 0 unspecified atom stereocenters. The van der Waals surface area contributed by atoms with Crippen LogP contribution in [0.2, 0.25) is 5.02 Å². The fraction of sp³-hybridized carbons (Fsp3) is 0.385. The fourth-order valence-corrected chi connectivity index (χ4v) is 1.41. The third kappa shape index (κ3) is 16.2. The number of guanidine groups is 1. The molecule has 0 bridgehead atoms. The third-order valence-electron chi connectivity index (χ3n) is 1.83. The Bertz CT molecular complexity index is 367. The van der Waals surface area contributed by atoms with Crippen LogP contribution in [0.4, 0.5) is 0 Å². The van der Waals surface area contributed by atoms with Gasteiger partial charge in [0.15, 0.2) is 5.96 Å². The van der Waals surface area contributed by atoms with Gasteiger partial charge in [-0.05, 0) is 36.1 Å². The molecule has 0 saturated carbocycles. The minimum Gasteiger partial charge on any atom is -0.481 e. The van der Waals surface area contributed by atoms with E-state index in [1.807, 2.05) is 12.1 Å². The van der Waals surface area contributed by atoms with E-state index in [2.05, 4.69) is 31.4 Å². The van der Waals surface area contributed by atoms with E-state index >= 15 is 0 Å². The van der Waals surface area contributed by atoms with Gasteiger partial charge >= 0.3 is 0 Å². The van der Waals surface area contributed by atoms with Crippen LogP contribution in [-0.2, 0) is 17.6 Å². The summed E-state index contributed by atoms with van der Waals surface area (Å²) in [6, 6.07) is 6.27. The molecule has 0 saturated heterocycles. The molecule has 1 rings (SSSR count). The minimum atomic E-state index is -0.833. The standard InChI is InChI=1S/C10H13Cl.C2H4O2.CH5N3/c1-3-8-5-9(4-2)7-10(11)6-8;1-2(3)4;2-1(3)4/h5-7H,3-4H2,1-2H3;1H3,(H,3,4);(H5,2,3,4). The van der Waals surface area contributed by atoms with Gasteiger partial charge in [0.25, 0.3) is 5.97 Å². The number of aryl methyl sites for hydroxylation is 2. The van der Waals surface area contributed by atoms with Crippen LogP contribution in [0.1, 0.15) is 31.9 Å². The highest BCUT2D eigenvalue weighted by molar-refractivity contribution is 6.30. The smallest absolute Gasteiger partial charge is 0.300 e. The lowest BCUT2D eigenvalue weighted by atomic mass is 10.1. The molecule has 0 aliphatic heterocycles. The predicted molar refractivity (Wildman–Crippen MR) is 79.6 cm³/mol. The molecule has 0 aromatic heterocycles. The molecule has 0 fully saturated rings. The molecule has 6 N–H and O–H groups in total. The van der Waals surface area contributed by atoms with Gasteiger partial charge in [0, 0.05) is 11.9 Å². The van der Waals surface area contributed by atoms with E-state index in [9.17, 15) is 0 Å². The summed E-state index contributed by atoms with van der Waals surface area (Å²) in [6.07, 6.45) is 2.13. The summed E-state index contributed by atoms with van der Waals surface area (Å²) in [6.45, 7) is 5.37. The van der Waals surface area contributed by atoms with Crippen LogP contribution in [0.3, 0.4) is 0 Å². The maximum atomic E-state index is 9.00. The highest BCUT2D eigenvalue weighted by Crippen LogP contribution is 2.15. The topological polar surface area (TPSA) is 113 Å². The van der Waals surface area contributed by atoms with Crippen LogP contribution >= 0.6 is 11.6 Å². The second-order valence-electron chi connectivity index (χ2n) is 3.65. The second kappa shape index (κ2) is 11.3. The Kier molecular flexibility index (Phi) is 11.7. The third-order valence-corrected chi connectivity index (χ3v) is 2.05. The number of carboxylic acid groups (broad SMARTS) is 1. The second-order valence-corrected chi connectivity index (χ2v) is 4.09. The van der Waals surface area contributed by atoms with Crippen LogP contribution in [0.25, 0.3) is 0 Å². The number of carbonyl (C=O) groups is 1. The Morgan fingerprint density at radius 3 is 1.68 bits per heavy atom. The van der Waals surface area contributed by atoms with Crippen molar-refractivity contribution in [2.75, 3.05) is 0 Å². The number of hydrogen-bond donors (Lipinski definition) is 4. The van der Waals surface area contributed by atoms with Gasteiger partial charge in [-0.3, -0.25) is 10.2 Å². The lowest BCUT2D eigenvalue weighted by Gasteiger charge is -2.01. The molecule has 108 valence electrons. The van der Waals surface area contributed by atoms with Gasteiger partial charge in [0.1, 0.15) is 0 Å². The summed E-state index contributed by atoms with van der Waals surface area (Å²) < 4.78 is 0. The first kappa shape index (κ1) is 19.6. The maximum absolute atomic E-state index is 9.00. The van der Waals surface area contributed by atoms with Crippen LogP contribution in [0.5, 0.6) is 0 Å². The molecule has 19 heavy (non-hydrogen) atoms. The Morgan fingerprint density at radius 1 is 1.21 bits per heavy atom. The zero-order valence-electron chi connectivity index (χ0n) is 11.5. The molecule has 0 heterocycles. The summed E-state index contributed by atoms with van der Waals surface area (Å²) in [5.74, 6) is -1.17. The number of benzene rings is 1. The van der Waals surface area contributed by atoms with E-state index in [0.29, 0.717) is 0 Å². The molecule has 0 atom stereocenters. The zero-order valence-corrected chi connectivity index (χ0v) is 12.3. The summed E-state index contributed by atoms with van der Waals surface area (Å²) in [5, 5.41) is 14.3. The number of rotatable bonds is 2. The molecule has 5 nitrogen and oxygen atoms in total. The van der Waals surface area contributed by atoms with Crippen molar-refractivity contribution >= 4 is 23.5 Å². The summed E-state index contributed by atoms with van der Waals surface area (Å²) in [4.78, 5) is 9.00. The van der Waals surface area contributed by atoms with Crippen molar-refractivity contribution in [3.8, 4) is 0 Å². The van der Waals surface area contributed by atoms with E-state index in [1.165, 1.54) is 11.1 Å². The molecule has 0 aliphatic rings. The van der Waals surface area contributed by atoms with E-state index in [1.54, 1.807) is 0 Å². The van der Waals surface area contributed by atoms with Crippen LogP contribution in [0, 0.1) is 5.41 Å². The largest absolute Gasteiger partial charge is 0.481 e. The Balaban J connectivity index is 0. The van der Waals surface area contributed by atoms with Gasteiger partial charge in [-0.25, -0.2) is 0 Å². The van der Waals surface area contributed by atoms with Crippen LogP contribution in [-0.4, -0.2) is 17.0 Å². The normalized spacial score (nSPS) is 8.42. The van der Waals surface area contributed by atoms with Gasteiger partial charge in [-0.15, -0.1) is 0 Å². The van der Waals surface area contributed by atoms with Gasteiger partial charge < -0.3 is 16.6 Å². The predicted octanol–water partition coefficient (Wildman–Crippen LogP) is 2.39. The van der Waals surface area contributed by atoms with Crippen molar-refractivity contribution in [1.82, 2.24) is 0 Å².